The van der Waals surface area contributed by atoms with E-state index in [2.05, 4.69) is 4.98 Å². The van der Waals surface area contributed by atoms with E-state index in [1.807, 2.05) is 0 Å². The largest absolute Gasteiger partial charge is 0.480 e. The zero-order valence-electron chi connectivity index (χ0n) is 11.2. The Morgan fingerprint density at radius 2 is 2.20 bits per heavy atom. The maximum Gasteiger partial charge on any atom is 0.325 e. The minimum Gasteiger partial charge on any atom is -0.480 e. The van der Waals surface area contributed by atoms with Gasteiger partial charge in [-0.05, 0) is 26.2 Å². The molecule has 1 aromatic heterocycles. The zero-order chi connectivity index (χ0) is 15.1. The van der Waals surface area contributed by atoms with Gasteiger partial charge in [0.15, 0.2) is 4.21 Å². The maximum atomic E-state index is 12.7. The number of nitrogens with zero attached hydrogens (tertiary/aromatic N) is 1. The molecule has 2 N–H and O–H groups in total. The number of sulfonamides is 1. The molecule has 112 valence electrons. The van der Waals surface area contributed by atoms with Gasteiger partial charge in [0.2, 0.25) is 0 Å². The molecule has 1 saturated heterocycles. The first-order valence-corrected chi connectivity index (χ1v) is 8.47. The topological polar surface area (TPSA) is 108 Å². The molecule has 0 bridgehead atoms. The van der Waals surface area contributed by atoms with Crippen LogP contribution in [-0.4, -0.2) is 40.9 Å². The van der Waals surface area contributed by atoms with Gasteiger partial charge in [-0.2, -0.15) is 4.31 Å². The summed E-state index contributed by atoms with van der Waals surface area (Å²) in [5.41, 5.74) is -1.15. The summed E-state index contributed by atoms with van der Waals surface area (Å²) in [7, 11) is -3.97. The Balaban J connectivity index is 2.57. The minimum absolute atomic E-state index is 0.0940. The van der Waals surface area contributed by atoms with Crippen LogP contribution in [0.1, 0.15) is 31.9 Å². The van der Waals surface area contributed by atoms with Gasteiger partial charge in [-0.3, -0.25) is 9.59 Å². The molecule has 20 heavy (non-hydrogen) atoms. The third-order valence-electron chi connectivity index (χ3n) is 3.72. The molecule has 0 saturated carbocycles. The number of rotatable bonds is 4. The van der Waals surface area contributed by atoms with Crippen LogP contribution in [-0.2, 0) is 14.8 Å². The van der Waals surface area contributed by atoms with Gasteiger partial charge in [-0.15, -0.1) is 0 Å². The Hall–Kier alpha value is -1.19. The predicted molar refractivity (Wildman–Crippen MR) is 73.5 cm³/mol. The average molecular weight is 320 g/mol. The summed E-state index contributed by atoms with van der Waals surface area (Å²) in [6.45, 7) is 3.32. The standard InChI is InChI=1S/C11H16N2O5S2/c1-3-11(9(14)15)5-4-6-13(11)20(17,18)8-7(2)12-10(16)19-8/h3-6H2,1-2H3,(H,12,16)(H,14,15). The van der Waals surface area contributed by atoms with E-state index in [9.17, 15) is 23.1 Å². The van der Waals surface area contributed by atoms with Crippen molar-refractivity contribution in [3.8, 4) is 0 Å². The first kappa shape index (κ1) is 15.2. The molecule has 2 rings (SSSR count). The summed E-state index contributed by atoms with van der Waals surface area (Å²) in [4.78, 5) is 24.8. The molecule has 0 aliphatic carbocycles. The Morgan fingerprint density at radius 1 is 1.55 bits per heavy atom. The van der Waals surface area contributed by atoms with E-state index in [-0.39, 0.29) is 29.3 Å². The van der Waals surface area contributed by atoms with Gasteiger partial charge in [0.1, 0.15) is 5.54 Å². The van der Waals surface area contributed by atoms with E-state index in [4.69, 9.17) is 0 Å². The molecule has 9 heteroatoms. The number of nitrogens with one attached hydrogen (secondary N) is 1. The highest BCUT2D eigenvalue weighted by Gasteiger charge is 2.52. The SMILES string of the molecule is CCC1(C(=O)O)CCCN1S(=O)(=O)c1sc(=O)[nH]c1C. The molecule has 1 aliphatic rings. The third kappa shape index (κ3) is 2.09. The van der Waals surface area contributed by atoms with Crippen LogP contribution in [0.15, 0.2) is 9.00 Å². The highest BCUT2D eigenvalue weighted by Crippen LogP contribution is 2.38. The van der Waals surface area contributed by atoms with Crippen LogP contribution in [0.3, 0.4) is 0 Å². The van der Waals surface area contributed by atoms with Crippen molar-refractivity contribution in [1.29, 1.82) is 0 Å². The van der Waals surface area contributed by atoms with Crippen molar-refractivity contribution in [2.75, 3.05) is 6.54 Å². The zero-order valence-corrected chi connectivity index (χ0v) is 12.8. The van der Waals surface area contributed by atoms with Gasteiger partial charge < -0.3 is 10.1 Å². The van der Waals surface area contributed by atoms with Gasteiger partial charge in [-0.25, -0.2) is 8.42 Å². The quantitative estimate of drug-likeness (QED) is 0.851. The second-order valence-corrected chi connectivity index (χ2v) is 7.84. The van der Waals surface area contributed by atoms with Crippen molar-refractivity contribution in [3.63, 3.8) is 0 Å². The Morgan fingerprint density at radius 3 is 2.65 bits per heavy atom. The second-order valence-electron chi connectivity index (χ2n) is 4.80. The van der Waals surface area contributed by atoms with Crippen molar-refractivity contribution in [2.24, 2.45) is 0 Å². The molecular formula is C11H16N2O5S2. The molecule has 7 nitrogen and oxygen atoms in total. The smallest absolute Gasteiger partial charge is 0.325 e. The Labute approximate surface area is 120 Å². The van der Waals surface area contributed by atoms with Gasteiger partial charge >= 0.3 is 10.8 Å². The lowest BCUT2D eigenvalue weighted by Crippen LogP contribution is -2.52. The number of hydrogen-bond acceptors (Lipinski definition) is 5. The summed E-state index contributed by atoms with van der Waals surface area (Å²) < 4.78 is 26.3. The first-order valence-electron chi connectivity index (χ1n) is 6.21. The summed E-state index contributed by atoms with van der Waals surface area (Å²) in [6, 6.07) is 0. The number of aliphatic carboxylic acids is 1. The van der Waals surface area contributed by atoms with Crippen LogP contribution in [0.4, 0.5) is 0 Å². The average Bonchev–Trinajstić information content (AvgIpc) is 2.93. The molecule has 1 fully saturated rings. The highest BCUT2D eigenvalue weighted by atomic mass is 32.2. The number of thiazole rings is 1. The van der Waals surface area contributed by atoms with E-state index >= 15 is 0 Å². The fourth-order valence-electron chi connectivity index (χ4n) is 2.66. The normalized spacial score (nSPS) is 24.1. The molecule has 0 radical (unpaired) electrons. The van der Waals surface area contributed by atoms with Crippen molar-refractivity contribution < 1.29 is 18.3 Å². The minimum atomic E-state index is -3.97. The molecule has 1 atom stereocenters. The number of carboxylic acids is 1. The van der Waals surface area contributed by atoms with Gasteiger partial charge in [0.25, 0.3) is 10.0 Å². The molecule has 0 amide bonds. The van der Waals surface area contributed by atoms with Crippen molar-refractivity contribution in [2.45, 2.75) is 42.9 Å². The number of aromatic nitrogens is 1. The third-order valence-corrected chi connectivity index (χ3v) is 7.27. The van der Waals surface area contributed by atoms with Crippen LogP contribution in [0.2, 0.25) is 0 Å². The molecule has 1 aromatic rings. The van der Waals surface area contributed by atoms with E-state index in [0.717, 1.165) is 4.31 Å². The highest BCUT2D eigenvalue weighted by molar-refractivity contribution is 7.91. The van der Waals surface area contributed by atoms with Crippen LogP contribution >= 0.6 is 11.3 Å². The Bertz CT molecular complexity index is 690. The van der Waals surface area contributed by atoms with E-state index < -0.39 is 26.4 Å². The fraction of sp³-hybridized carbons (Fsp3) is 0.636. The van der Waals surface area contributed by atoms with Crippen LogP contribution in [0, 0.1) is 6.92 Å². The van der Waals surface area contributed by atoms with Gasteiger partial charge in [-0.1, -0.05) is 18.3 Å². The lowest BCUT2D eigenvalue weighted by atomic mass is 9.95. The number of carboxylic acid groups (broad SMARTS) is 1. The van der Waals surface area contributed by atoms with Crippen LogP contribution < -0.4 is 4.87 Å². The van der Waals surface area contributed by atoms with Gasteiger partial charge in [0, 0.05) is 12.2 Å². The summed E-state index contributed by atoms with van der Waals surface area (Å²) >= 11 is 0.597. The second kappa shape index (κ2) is 4.97. The molecule has 1 aliphatic heterocycles. The summed E-state index contributed by atoms with van der Waals surface area (Å²) in [5, 5.41) is 9.45. The van der Waals surface area contributed by atoms with Gasteiger partial charge in [0.05, 0.1) is 0 Å². The molecule has 0 spiro atoms. The van der Waals surface area contributed by atoms with Crippen molar-refractivity contribution in [3.05, 3.63) is 15.4 Å². The number of carbonyl (C=O) groups is 1. The fourth-order valence-corrected chi connectivity index (χ4v) is 5.92. The number of H-pyrrole nitrogens is 1. The predicted octanol–water partition coefficient (Wildman–Crippen LogP) is 0.763. The lowest BCUT2D eigenvalue weighted by Gasteiger charge is -2.32. The van der Waals surface area contributed by atoms with Crippen LogP contribution in [0.5, 0.6) is 0 Å². The molecular weight excluding hydrogens is 304 g/mol. The molecule has 1 unspecified atom stereocenters. The van der Waals surface area contributed by atoms with E-state index in [1.54, 1.807) is 6.92 Å². The monoisotopic (exact) mass is 320 g/mol. The number of aromatic amines is 1. The van der Waals surface area contributed by atoms with E-state index in [0.29, 0.717) is 17.8 Å². The summed E-state index contributed by atoms with van der Waals surface area (Å²) in [5.74, 6) is -1.14. The summed E-state index contributed by atoms with van der Waals surface area (Å²) in [6.07, 6.45) is 0.980. The number of aryl methyl sites for hydroxylation is 1. The molecule has 0 aromatic carbocycles. The first-order chi connectivity index (χ1) is 9.25. The van der Waals surface area contributed by atoms with Crippen molar-refractivity contribution in [1.82, 2.24) is 9.29 Å². The lowest BCUT2D eigenvalue weighted by molar-refractivity contribution is -0.147. The Kier molecular flexibility index (Phi) is 3.78. The van der Waals surface area contributed by atoms with Crippen molar-refractivity contribution >= 4 is 27.3 Å². The maximum absolute atomic E-state index is 12.7. The van der Waals surface area contributed by atoms with Crippen LogP contribution in [0.25, 0.3) is 0 Å². The van der Waals surface area contributed by atoms with E-state index in [1.165, 1.54) is 6.92 Å². The molecule has 2 heterocycles. The number of hydrogen-bond donors (Lipinski definition) is 2.